The number of carbonyl (C=O) groups is 1. The van der Waals surface area contributed by atoms with Gasteiger partial charge in [0.2, 0.25) is 0 Å². The summed E-state index contributed by atoms with van der Waals surface area (Å²) in [5.74, 6) is 3.26. The lowest BCUT2D eigenvalue weighted by Gasteiger charge is -2.59. The van der Waals surface area contributed by atoms with E-state index in [-0.39, 0.29) is 11.4 Å². The van der Waals surface area contributed by atoms with Crippen molar-refractivity contribution in [2.45, 2.75) is 39.0 Å². The first-order valence-corrected chi connectivity index (χ1v) is 6.91. The van der Waals surface area contributed by atoms with Gasteiger partial charge in [0.05, 0.1) is 6.61 Å². The molecular formula is C15H22O2. The van der Waals surface area contributed by atoms with E-state index in [2.05, 4.69) is 13.5 Å². The first-order chi connectivity index (χ1) is 8.11. The second-order valence-electron chi connectivity index (χ2n) is 6.62. The molecule has 0 aliphatic heterocycles. The van der Waals surface area contributed by atoms with Gasteiger partial charge in [0.1, 0.15) is 0 Å². The molecule has 4 saturated carbocycles. The van der Waals surface area contributed by atoms with Crippen LogP contribution in [0, 0.1) is 29.1 Å². The van der Waals surface area contributed by atoms with Gasteiger partial charge in [-0.15, -0.1) is 0 Å². The van der Waals surface area contributed by atoms with Gasteiger partial charge >= 0.3 is 5.97 Å². The zero-order valence-electron chi connectivity index (χ0n) is 10.7. The second-order valence-corrected chi connectivity index (χ2v) is 6.62. The molecule has 0 aromatic rings. The van der Waals surface area contributed by atoms with Gasteiger partial charge in [-0.25, -0.2) is 4.79 Å². The molecule has 0 N–H and O–H groups in total. The average Bonchev–Trinajstić information content (AvgIpc) is 2.32. The maximum Gasteiger partial charge on any atom is 0.330 e. The molecule has 0 radical (unpaired) electrons. The Morgan fingerprint density at radius 2 is 1.76 bits per heavy atom. The number of esters is 1. The highest BCUT2D eigenvalue weighted by Gasteiger charge is 2.55. The molecule has 0 spiro atoms. The van der Waals surface area contributed by atoms with E-state index in [0.717, 1.165) is 23.7 Å². The lowest BCUT2D eigenvalue weighted by Crippen LogP contribution is -2.53. The van der Waals surface area contributed by atoms with Gasteiger partial charge < -0.3 is 4.74 Å². The van der Waals surface area contributed by atoms with Crippen molar-refractivity contribution < 1.29 is 9.53 Å². The Labute approximate surface area is 103 Å². The fraction of sp³-hybridized carbons (Fsp3) is 0.800. The van der Waals surface area contributed by atoms with Gasteiger partial charge in [-0.1, -0.05) is 13.5 Å². The van der Waals surface area contributed by atoms with E-state index in [0.29, 0.717) is 6.61 Å². The fourth-order valence-electron chi connectivity index (χ4n) is 4.78. The summed E-state index contributed by atoms with van der Waals surface area (Å²) < 4.78 is 5.36. The van der Waals surface area contributed by atoms with E-state index in [4.69, 9.17) is 4.74 Å². The molecule has 2 nitrogen and oxygen atoms in total. The van der Waals surface area contributed by atoms with Crippen LogP contribution in [0.1, 0.15) is 39.0 Å². The standard InChI is InChI=1S/C15H22O2/c1-3-14(16)17-9-15(2)12-5-10-4-11(7-12)8-13(15)6-10/h3,10-13H,1,4-9H2,2H3. The van der Waals surface area contributed by atoms with Crippen LogP contribution in [-0.2, 0) is 9.53 Å². The highest BCUT2D eigenvalue weighted by molar-refractivity contribution is 5.81. The molecule has 0 saturated heterocycles. The molecular weight excluding hydrogens is 212 g/mol. The van der Waals surface area contributed by atoms with Crippen LogP contribution in [0.4, 0.5) is 0 Å². The zero-order valence-corrected chi connectivity index (χ0v) is 10.7. The molecule has 0 aromatic carbocycles. The normalized spacial score (nSPS) is 46.9. The van der Waals surface area contributed by atoms with Gasteiger partial charge in [-0.2, -0.15) is 0 Å². The van der Waals surface area contributed by atoms with Crippen LogP contribution in [0.3, 0.4) is 0 Å². The van der Waals surface area contributed by atoms with E-state index in [9.17, 15) is 4.79 Å². The number of carbonyl (C=O) groups excluding carboxylic acids is 1. The summed E-state index contributed by atoms with van der Waals surface area (Å²) in [7, 11) is 0. The van der Waals surface area contributed by atoms with Crippen molar-refractivity contribution in [3.63, 3.8) is 0 Å². The van der Waals surface area contributed by atoms with Gasteiger partial charge in [0, 0.05) is 11.5 Å². The van der Waals surface area contributed by atoms with E-state index in [1.165, 1.54) is 38.2 Å². The summed E-state index contributed by atoms with van der Waals surface area (Å²) in [6.07, 6.45) is 8.23. The maximum atomic E-state index is 11.2. The zero-order chi connectivity index (χ0) is 12.0. The Bertz CT molecular complexity index is 317. The maximum absolute atomic E-state index is 11.2. The van der Waals surface area contributed by atoms with E-state index in [1.807, 2.05) is 0 Å². The number of rotatable bonds is 3. The van der Waals surface area contributed by atoms with Crippen LogP contribution in [0.5, 0.6) is 0 Å². The predicted octanol–water partition coefficient (Wildman–Crippen LogP) is 3.18. The summed E-state index contributed by atoms with van der Waals surface area (Å²) in [6, 6.07) is 0. The Morgan fingerprint density at radius 3 is 2.24 bits per heavy atom. The summed E-state index contributed by atoms with van der Waals surface area (Å²) in [5, 5.41) is 0. The SMILES string of the molecule is C=CC(=O)OCC1(C)C2CC3CC(C2)CC1C3. The summed E-state index contributed by atoms with van der Waals surface area (Å²) >= 11 is 0. The molecule has 0 atom stereocenters. The minimum Gasteiger partial charge on any atom is -0.462 e. The van der Waals surface area contributed by atoms with Crippen LogP contribution in [0.15, 0.2) is 12.7 Å². The molecule has 4 rings (SSSR count). The monoisotopic (exact) mass is 234 g/mol. The molecule has 17 heavy (non-hydrogen) atoms. The third-order valence-electron chi connectivity index (χ3n) is 5.70. The van der Waals surface area contributed by atoms with Crippen LogP contribution in [0.2, 0.25) is 0 Å². The Balaban J connectivity index is 1.73. The molecule has 4 fully saturated rings. The third-order valence-corrected chi connectivity index (χ3v) is 5.70. The molecule has 0 unspecified atom stereocenters. The second kappa shape index (κ2) is 3.86. The van der Waals surface area contributed by atoms with Crippen LogP contribution >= 0.6 is 0 Å². The van der Waals surface area contributed by atoms with Crippen molar-refractivity contribution in [1.29, 1.82) is 0 Å². The molecule has 4 aliphatic carbocycles. The van der Waals surface area contributed by atoms with Gasteiger partial charge in [-0.05, 0) is 55.8 Å². The van der Waals surface area contributed by atoms with Crippen molar-refractivity contribution in [3.8, 4) is 0 Å². The van der Waals surface area contributed by atoms with E-state index >= 15 is 0 Å². The Hall–Kier alpha value is -0.790. The fourth-order valence-corrected chi connectivity index (χ4v) is 4.78. The highest BCUT2D eigenvalue weighted by atomic mass is 16.5. The minimum atomic E-state index is -0.264. The summed E-state index contributed by atoms with van der Waals surface area (Å²) in [5.41, 5.74) is 0.242. The molecule has 0 heterocycles. The van der Waals surface area contributed by atoms with Gasteiger partial charge in [0.15, 0.2) is 0 Å². The van der Waals surface area contributed by atoms with Crippen LogP contribution in [0.25, 0.3) is 0 Å². The van der Waals surface area contributed by atoms with E-state index in [1.54, 1.807) is 0 Å². The first-order valence-electron chi connectivity index (χ1n) is 6.91. The summed E-state index contributed by atoms with van der Waals surface area (Å²) in [4.78, 5) is 11.2. The van der Waals surface area contributed by atoms with Crippen molar-refractivity contribution in [1.82, 2.24) is 0 Å². The molecule has 94 valence electrons. The predicted molar refractivity (Wildman–Crippen MR) is 66.3 cm³/mol. The van der Waals surface area contributed by atoms with Crippen molar-refractivity contribution in [2.75, 3.05) is 6.61 Å². The van der Waals surface area contributed by atoms with Crippen LogP contribution in [-0.4, -0.2) is 12.6 Å². The van der Waals surface area contributed by atoms with Gasteiger partial charge in [-0.3, -0.25) is 0 Å². The summed E-state index contributed by atoms with van der Waals surface area (Å²) in [6.45, 7) is 6.41. The molecule has 0 aromatic heterocycles. The number of ether oxygens (including phenoxy) is 1. The molecule has 2 heteroatoms. The van der Waals surface area contributed by atoms with Crippen molar-refractivity contribution >= 4 is 5.97 Å². The Kier molecular flexibility index (Phi) is 2.57. The number of hydrogen-bond acceptors (Lipinski definition) is 2. The molecule has 4 aliphatic rings. The molecule has 0 amide bonds. The molecule has 4 bridgehead atoms. The van der Waals surface area contributed by atoms with Gasteiger partial charge in [0.25, 0.3) is 0 Å². The van der Waals surface area contributed by atoms with E-state index < -0.39 is 0 Å². The van der Waals surface area contributed by atoms with Crippen molar-refractivity contribution in [3.05, 3.63) is 12.7 Å². The quantitative estimate of drug-likeness (QED) is 0.554. The minimum absolute atomic E-state index is 0.242. The third kappa shape index (κ3) is 1.73. The number of hydrogen-bond donors (Lipinski definition) is 0. The largest absolute Gasteiger partial charge is 0.462 e. The lowest BCUT2D eigenvalue weighted by atomic mass is 9.46. The van der Waals surface area contributed by atoms with Crippen molar-refractivity contribution in [2.24, 2.45) is 29.1 Å². The topological polar surface area (TPSA) is 26.3 Å². The first kappa shape index (κ1) is 11.3. The average molecular weight is 234 g/mol. The lowest BCUT2D eigenvalue weighted by molar-refractivity contribution is -0.158. The van der Waals surface area contributed by atoms with Crippen LogP contribution < -0.4 is 0 Å². The smallest absolute Gasteiger partial charge is 0.330 e. The Morgan fingerprint density at radius 1 is 1.24 bits per heavy atom. The highest BCUT2D eigenvalue weighted by Crippen LogP contribution is 2.62.